The van der Waals surface area contributed by atoms with Crippen molar-refractivity contribution >= 4 is 0 Å². The van der Waals surface area contributed by atoms with Gasteiger partial charge in [-0.15, -0.1) is 0 Å². The van der Waals surface area contributed by atoms with E-state index in [1.165, 1.54) is 21.4 Å². The minimum atomic E-state index is 1.37. The molecule has 0 bridgehead atoms. The van der Waals surface area contributed by atoms with E-state index in [2.05, 4.69) is 6.92 Å². The van der Waals surface area contributed by atoms with Gasteiger partial charge in [0.05, 0.1) is 0 Å². The van der Waals surface area contributed by atoms with Gasteiger partial charge in [-0.3, -0.25) is 0 Å². The standard InChI is InChI=1S/C5H11.Sm/c1-3-5-4-2;/h1,3-5H2,2H3;. The van der Waals surface area contributed by atoms with Crippen molar-refractivity contribution in [3.05, 3.63) is 0 Å². The van der Waals surface area contributed by atoms with Crippen molar-refractivity contribution in [1.82, 2.24) is 0 Å². The molecule has 37 valence electrons. The maximum absolute atomic E-state index is 2.24. The first-order chi connectivity index (χ1) is 2.91. The molecule has 6 heavy (non-hydrogen) atoms. The fourth-order valence-corrected chi connectivity index (χ4v) is 1.01. The van der Waals surface area contributed by atoms with Crippen molar-refractivity contribution in [1.29, 1.82) is 0 Å². The van der Waals surface area contributed by atoms with Crippen molar-refractivity contribution in [2.45, 2.75) is 28.3 Å². The molecule has 0 fully saturated rings. The van der Waals surface area contributed by atoms with Crippen LogP contribution < -0.4 is 0 Å². The molecule has 0 N–H and O–H groups in total. The first kappa shape index (κ1) is 7.34. The monoisotopic (exact) mass is 223 g/mol. The summed E-state index contributed by atoms with van der Waals surface area (Å²) in [6.07, 6.45) is 4.25. The minimum absolute atomic E-state index is 1.37. The summed E-state index contributed by atoms with van der Waals surface area (Å²) >= 11 is 1.73. The summed E-state index contributed by atoms with van der Waals surface area (Å²) in [6, 6.07) is 0. The van der Waals surface area contributed by atoms with Gasteiger partial charge in [-0.25, -0.2) is 0 Å². The average molecular weight is 222 g/mol. The number of hydrogen-bond acceptors (Lipinski definition) is 0. The molecule has 0 amide bonds. The summed E-state index contributed by atoms with van der Waals surface area (Å²) in [6.45, 7) is 2.24. The van der Waals surface area contributed by atoms with Crippen LogP contribution in [0.25, 0.3) is 0 Å². The van der Waals surface area contributed by atoms with E-state index in [1.54, 1.807) is 38.3 Å². The molecule has 0 heterocycles. The predicted molar refractivity (Wildman–Crippen MR) is 24.3 cm³/mol. The molecule has 0 aromatic rings. The zero-order valence-corrected chi connectivity index (χ0v) is 6.86. The Labute approximate surface area is 66.0 Å². The fourth-order valence-electron chi connectivity index (χ4n) is 0.352. The van der Waals surface area contributed by atoms with Crippen LogP contribution in [0, 0.1) is 38.3 Å². The molecule has 0 aromatic carbocycles. The Balaban J connectivity index is 2.34. The summed E-state index contributed by atoms with van der Waals surface area (Å²) < 4.78 is 1.44. The molecule has 0 unspecified atom stereocenters. The normalized spacial score (nSPS) is 8.83. The Bertz CT molecular complexity index is 15.9. The predicted octanol–water partition coefficient (Wildman–Crippen LogP) is 2.14. The van der Waals surface area contributed by atoms with E-state index in [0.717, 1.165) is 0 Å². The second-order valence-electron chi connectivity index (χ2n) is 1.41. The van der Waals surface area contributed by atoms with Crippen LogP contribution >= 0.6 is 0 Å². The third-order valence-electron chi connectivity index (χ3n) is 0.748. The Kier molecular flexibility index (Phi) is 7.75. The molecule has 0 atom stereocenters. The Morgan fingerprint density at radius 2 is 2.00 bits per heavy atom. The molecule has 0 rings (SSSR count). The van der Waals surface area contributed by atoms with Crippen molar-refractivity contribution in [2.24, 2.45) is 0 Å². The van der Waals surface area contributed by atoms with Gasteiger partial charge < -0.3 is 0 Å². The number of unbranched alkanes of at least 4 members (excludes halogenated alkanes) is 2. The van der Waals surface area contributed by atoms with Crippen LogP contribution in [0.5, 0.6) is 0 Å². The second-order valence-corrected chi connectivity index (χ2v) is 2.72. The van der Waals surface area contributed by atoms with Crippen molar-refractivity contribution in [2.75, 3.05) is 0 Å². The zero-order chi connectivity index (χ0) is 4.83. The third-order valence-corrected chi connectivity index (χ3v) is 1.67. The van der Waals surface area contributed by atoms with Gasteiger partial charge in [0.15, 0.2) is 0 Å². The molecular weight excluding hydrogens is 210 g/mol. The van der Waals surface area contributed by atoms with E-state index >= 15 is 0 Å². The summed E-state index contributed by atoms with van der Waals surface area (Å²) in [7, 11) is 0. The third kappa shape index (κ3) is 5.34. The molecule has 0 aliphatic heterocycles. The van der Waals surface area contributed by atoms with Crippen molar-refractivity contribution in [3.63, 3.8) is 0 Å². The van der Waals surface area contributed by atoms with Gasteiger partial charge >= 0.3 is 66.7 Å². The summed E-state index contributed by atoms with van der Waals surface area (Å²) in [4.78, 5) is 0. The maximum atomic E-state index is 2.24. The van der Waals surface area contributed by atoms with Gasteiger partial charge in [0.25, 0.3) is 0 Å². The topological polar surface area (TPSA) is 0 Å². The van der Waals surface area contributed by atoms with Crippen LogP contribution in [0.2, 0.25) is 2.14 Å². The Morgan fingerprint density at radius 3 is 2.17 bits per heavy atom. The Morgan fingerprint density at radius 1 is 1.33 bits per heavy atom. The first-order valence-electron chi connectivity index (χ1n) is 2.50. The SMILES string of the molecule is CCCC[CH2][Sm]. The molecule has 0 saturated carbocycles. The van der Waals surface area contributed by atoms with E-state index in [9.17, 15) is 0 Å². The molecule has 0 radical (unpaired) electrons. The molecule has 0 nitrogen and oxygen atoms in total. The van der Waals surface area contributed by atoms with E-state index in [0.29, 0.717) is 0 Å². The van der Waals surface area contributed by atoms with Gasteiger partial charge in [-0.2, -0.15) is 0 Å². The zero-order valence-electron chi connectivity index (χ0n) is 4.24. The summed E-state index contributed by atoms with van der Waals surface area (Å²) in [5.74, 6) is 0. The average Bonchev–Trinajstić information content (AvgIpc) is 1.61. The van der Waals surface area contributed by atoms with E-state index in [4.69, 9.17) is 0 Å². The molecular formula is C5H11Sm. The Hall–Kier alpha value is 1.34. The van der Waals surface area contributed by atoms with Gasteiger partial charge in [-0.1, -0.05) is 0 Å². The second kappa shape index (κ2) is 6.34. The van der Waals surface area contributed by atoms with Gasteiger partial charge in [-0.05, 0) is 0 Å². The van der Waals surface area contributed by atoms with Crippen molar-refractivity contribution < 1.29 is 38.3 Å². The van der Waals surface area contributed by atoms with E-state index < -0.39 is 0 Å². The summed E-state index contributed by atoms with van der Waals surface area (Å²) in [5, 5.41) is 0. The van der Waals surface area contributed by atoms with E-state index in [1.807, 2.05) is 0 Å². The van der Waals surface area contributed by atoms with Crippen LogP contribution in [-0.2, 0) is 0 Å². The van der Waals surface area contributed by atoms with Crippen LogP contribution in [-0.4, -0.2) is 0 Å². The van der Waals surface area contributed by atoms with Gasteiger partial charge in [0.2, 0.25) is 0 Å². The fraction of sp³-hybridized carbons (Fsp3) is 1.00. The number of hydrogen-bond donors (Lipinski definition) is 0. The van der Waals surface area contributed by atoms with Crippen LogP contribution in [0.3, 0.4) is 0 Å². The van der Waals surface area contributed by atoms with Crippen molar-refractivity contribution in [3.8, 4) is 0 Å². The first-order valence-corrected chi connectivity index (χ1v) is 4.35. The number of rotatable bonds is 3. The summed E-state index contributed by atoms with van der Waals surface area (Å²) in [5.41, 5.74) is 0. The molecule has 0 aliphatic carbocycles. The van der Waals surface area contributed by atoms with Gasteiger partial charge in [0.1, 0.15) is 0 Å². The van der Waals surface area contributed by atoms with Crippen LogP contribution in [0.1, 0.15) is 26.2 Å². The van der Waals surface area contributed by atoms with Crippen LogP contribution in [0.15, 0.2) is 0 Å². The van der Waals surface area contributed by atoms with Crippen LogP contribution in [0.4, 0.5) is 0 Å². The molecule has 0 aromatic heterocycles. The molecule has 0 saturated heterocycles. The molecule has 0 aliphatic rings. The van der Waals surface area contributed by atoms with Gasteiger partial charge in [0, 0.05) is 0 Å². The molecule has 0 spiro atoms. The quantitative estimate of drug-likeness (QED) is 0.641. The molecule has 1 heteroatoms. The van der Waals surface area contributed by atoms with E-state index in [-0.39, 0.29) is 0 Å².